The van der Waals surface area contributed by atoms with Crippen molar-refractivity contribution in [3.05, 3.63) is 81.7 Å². The quantitative estimate of drug-likeness (QED) is 0.690. The number of likely N-dealkylation sites (tertiary alicyclic amines) is 1. The van der Waals surface area contributed by atoms with E-state index in [4.69, 9.17) is 4.42 Å². The Bertz CT molecular complexity index is 1020. The summed E-state index contributed by atoms with van der Waals surface area (Å²) >= 11 is 0. The van der Waals surface area contributed by atoms with E-state index in [1.807, 2.05) is 24.3 Å². The van der Waals surface area contributed by atoms with E-state index < -0.39 is 11.5 Å². The molecule has 1 aliphatic heterocycles. The lowest BCUT2D eigenvalue weighted by atomic mass is 10.1. The van der Waals surface area contributed by atoms with Crippen molar-refractivity contribution in [2.45, 2.75) is 32.4 Å². The van der Waals surface area contributed by atoms with Crippen molar-refractivity contribution < 1.29 is 9.21 Å². The van der Waals surface area contributed by atoms with Gasteiger partial charge >= 0.3 is 5.63 Å². The highest BCUT2D eigenvalue weighted by molar-refractivity contribution is 5.96. The predicted octanol–water partition coefficient (Wildman–Crippen LogP) is 3.71. The van der Waals surface area contributed by atoms with Gasteiger partial charge in [-0.3, -0.25) is 9.69 Å². The molecule has 0 bridgehead atoms. The zero-order valence-corrected chi connectivity index (χ0v) is 15.8. The van der Waals surface area contributed by atoms with Crippen molar-refractivity contribution in [3.63, 3.8) is 0 Å². The van der Waals surface area contributed by atoms with Gasteiger partial charge in [0.15, 0.2) is 0 Å². The topological polar surface area (TPSA) is 62.6 Å². The first kappa shape index (κ1) is 18.4. The van der Waals surface area contributed by atoms with Crippen molar-refractivity contribution >= 4 is 16.9 Å². The molecule has 1 aromatic heterocycles. The first-order valence-electron chi connectivity index (χ1n) is 9.80. The van der Waals surface area contributed by atoms with Crippen LogP contribution in [-0.2, 0) is 13.1 Å². The Kier molecular flexibility index (Phi) is 5.53. The maximum Gasteiger partial charge on any atom is 0.349 e. The number of carbonyl (C=O) groups is 1. The zero-order chi connectivity index (χ0) is 19.3. The number of piperidine rings is 1. The Morgan fingerprint density at radius 1 is 0.964 bits per heavy atom. The normalized spacial score (nSPS) is 14.9. The molecule has 28 heavy (non-hydrogen) atoms. The van der Waals surface area contributed by atoms with E-state index >= 15 is 0 Å². The van der Waals surface area contributed by atoms with Crippen molar-refractivity contribution in [2.75, 3.05) is 13.1 Å². The highest BCUT2D eigenvalue weighted by Crippen LogP contribution is 2.14. The number of benzene rings is 2. The van der Waals surface area contributed by atoms with Gasteiger partial charge in [-0.1, -0.05) is 48.9 Å². The van der Waals surface area contributed by atoms with Gasteiger partial charge < -0.3 is 9.73 Å². The molecule has 144 valence electrons. The Labute approximate surface area is 164 Å². The standard InChI is InChI=1S/C23H24N2O3/c26-22(20-14-19-6-2-3-7-21(19)28-23(20)27)24-15-17-8-10-18(11-9-17)16-25-12-4-1-5-13-25/h2-3,6-11,14H,1,4-5,12-13,15-16H2,(H,24,26). The maximum atomic E-state index is 12.4. The SMILES string of the molecule is O=C(NCc1ccc(CN2CCCCC2)cc1)c1cc2ccccc2oc1=O. The summed E-state index contributed by atoms with van der Waals surface area (Å²) in [5.41, 5.74) is 2.18. The van der Waals surface area contributed by atoms with Gasteiger partial charge in [0.25, 0.3) is 5.91 Å². The van der Waals surface area contributed by atoms with E-state index in [9.17, 15) is 9.59 Å². The molecule has 1 amide bonds. The second-order valence-electron chi connectivity index (χ2n) is 7.32. The van der Waals surface area contributed by atoms with Gasteiger partial charge in [-0.2, -0.15) is 0 Å². The minimum absolute atomic E-state index is 0.0282. The van der Waals surface area contributed by atoms with Gasteiger partial charge in [0.05, 0.1) is 0 Å². The maximum absolute atomic E-state index is 12.4. The van der Waals surface area contributed by atoms with Crippen molar-refractivity contribution in [1.82, 2.24) is 10.2 Å². The van der Waals surface area contributed by atoms with E-state index in [1.54, 1.807) is 18.2 Å². The number of rotatable bonds is 5. The molecule has 1 N–H and O–H groups in total. The number of hydrogen-bond donors (Lipinski definition) is 1. The van der Waals surface area contributed by atoms with Crippen LogP contribution in [0.4, 0.5) is 0 Å². The number of fused-ring (bicyclic) bond motifs is 1. The molecule has 0 unspecified atom stereocenters. The molecular formula is C23H24N2O3. The summed E-state index contributed by atoms with van der Waals surface area (Å²) < 4.78 is 5.23. The summed E-state index contributed by atoms with van der Waals surface area (Å²) in [5.74, 6) is -0.420. The summed E-state index contributed by atoms with van der Waals surface area (Å²) in [6.07, 6.45) is 3.91. The third-order valence-electron chi connectivity index (χ3n) is 5.22. The number of nitrogens with zero attached hydrogens (tertiary/aromatic N) is 1. The molecule has 2 heterocycles. The van der Waals surface area contributed by atoms with E-state index in [-0.39, 0.29) is 5.56 Å². The van der Waals surface area contributed by atoms with Crippen LogP contribution in [0.15, 0.2) is 63.8 Å². The monoisotopic (exact) mass is 376 g/mol. The Morgan fingerprint density at radius 3 is 2.46 bits per heavy atom. The summed E-state index contributed by atoms with van der Waals surface area (Å²) in [6.45, 7) is 3.69. The van der Waals surface area contributed by atoms with Crippen LogP contribution in [-0.4, -0.2) is 23.9 Å². The molecular weight excluding hydrogens is 352 g/mol. The second kappa shape index (κ2) is 8.40. The molecule has 0 radical (unpaired) electrons. The van der Waals surface area contributed by atoms with Crippen LogP contribution in [0.2, 0.25) is 0 Å². The smallest absolute Gasteiger partial charge is 0.349 e. The fourth-order valence-corrected chi connectivity index (χ4v) is 3.64. The van der Waals surface area contributed by atoms with Crippen molar-refractivity contribution in [2.24, 2.45) is 0 Å². The van der Waals surface area contributed by atoms with Crippen LogP contribution < -0.4 is 10.9 Å². The molecule has 1 aliphatic rings. The lowest BCUT2D eigenvalue weighted by Crippen LogP contribution is -2.29. The average molecular weight is 376 g/mol. The number of nitrogens with one attached hydrogen (secondary N) is 1. The van der Waals surface area contributed by atoms with Crippen LogP contribution in [0.3, 0.4) is 0 Å². The minimum Gasteiger partial charge on any atom is -0.422 e. The molecule has 0 spiro atoms. The predicted molar refractivity (Wildman–Crippen MR) is 109 cm³/mol. The molecule has 2 aromatic carbocycles. The minimum atomic E-state index is -0.618. The molecule has 1 saturated heterocycles. The highest BCUT2D eigenvalue weighted by atomic mass is 16.4. The van der Waals surface area contributed by atoms with Crippen LogP contribution >= 0.6 is 0 Å². The molecule has 3 aromatic rings. The Hall–Kier alpha value is -2.92. The summed E-state index contributed by atoms with van der Waals surface area (Å²) in [5, 5.41) is 3.54. The zero-order valence-electron chi connectivity index (χ0n) is 15.8. The van der Waals surface area contributed by atoms with E-state index in [1.165, 1.54) is 37.9 Å². The van der Waals surface area contributed by atoms with Crippen molar-refractivity contribution in [3.8, 4) is 0 Å². The Morgan fingerprint density at radius 2 is 1.68 bits per heavy atom. The number of para-hydroxylation sites is 1. The summed E-state index contributed by atoms with van der Waals surface area (Å²) in [4.78, 5) is 27.0. The van der Waals surface area contributed by atoms with Crippen LogP contribution in [0, 0.1) is 0 Å². The van der Waals surface area contributed by atoms with E-state index in [0.717, 1.165) is 17.5 Å². The molecule has 1 fully saturated rings. The fourth-order valence-electron chi connectivity index (χ4n) is 3.64. The molecule has 0 saturated carbocycles. The lowest BCUT2D eigenvalue weighted by molar-refractivity contribution is 0.0947. The number of carbonyl (C=O) groups excluding carboxylic acids is 1. The summed E-state index contributed by atoms with van der Waals surface area (Å²) in [6, 6.07) is 17.0. The molecule has 5 heteroatoms. The van der Waals surface area contributed by atoms with Gasteiger partial charge in [-0.15, -0.1) is 0 Å². The number of hydrogen-bond acceptors (Lipinski definition) is 4. The first-order valence-corrected chi connectivity index (χ1v) is 9.80. The van der Waals surface area contributed by atoms with Gasteiger partial charge in [-0.25, -0.2) is 4.79 Å². The molecule has 0 atom stereocenters. The average Bonchev–Trinajstić information content (AvgIpc) is 2.73. The largest absolute Gasteiger partial charge is 0.422 e. The first-order chi connectivity index (χ1) is 13.7. The van der Waals surface area contributed by atoms with Crippen molar-refractivity contribution in [1.29, 1.82) is 0 Å². The van der Waals surface area contributed by atoms with Gasteiger partial charge in [0.2, 0.25) is 0 Å². The highest BCUT2D eigenvalue weighted by Gasteiger charge is 2.14. The molecule has 0 aliphatic carbocycles. The van der Waals surface area contributed by atoms with Crippen LogP contribution in [0.5, 0.6) is 0 Å². The summed E-state index contributed by atoms with van der Waals surface area (Å²) in [7, 11) is 0. The second-order valence-corrected chi connectivity index (χ2v) is 7.32. The third-order valence-corrected chi connectivity index (χ3v) is 5.22. The fraction of sp³-hybridized carbons (Fsp3) is 0.304. The molecule has 5 nitrogen and oxygen atoms in total. The number of amides is 1. The van der Waals surface area contributed by atoms with Gasteiger partial charge in [0, 0.05) is 18.5 Å². The Balaban J connectivity index is 1.38. The van der Waals surface area contributed by atoms with Gasteiger partial charge in [0.1, 0.15) is 11.1 Å². The van der Waals surface area contributed by atoms with Crippen LogP contribution in [0.25, 0.3) is 11.0 Å². The third kappa shape index (κ3) is 4.31. The molecule has 4 rings (SSSR count). The van der Waals surface area contributed by atoms with E-state index in [2.05, 4.69) is 22.3 Å². The van der Waals surface area contributed by atoms with E-state index in [0.29, 0.717) is 12.1 Å². The van der Waals surface area contributed by atoms with Gasteiger partial charge in [-0.05, 0) is 49.2 Å². The lowest BCUT2D eigenvalue weighted by Gasteiger charge is -2.26. The van der Waals surface area contributed by atoms with Crippen LogP contribution in [0.1, 0.15) is 40.7 Å².